The first kappa shape index (κ1) is 10.8. The third-order valence-corrected chi connectivity index (χ3v) is 3.94. The van der Waals surface area contributed by atoms with E-state index in [1.165, 1.54) is 26.4 Å². The van der Waals surface area contributed by atoms with Crippen LogP contribution < -0.4 is 4.74 Å². The van der Waals surface area contributed by atoms with E-state index in [1.807, 2.05) is 0 Å². The van der Waals surface area contributed by atoms with Gasteiger partial charge in [-0.05, 0) is 17.4 Å². The third-order valence-electron chi connectivity index (χ3n) is 3.23. The van der Waals surface area contributed by atoms with Gasteiger partial charge in [-0.3, -0.25) is 0 Å². The fraction of sp³-hybridized carbons (Fsp3) is 0.200. The van der Waals surface area contributed by atoms with Gasteiger partial charge in [0.2, 0.25) is 0 Å². The van der Waals surface area contributed by atoms with Gasteiger partial charge < -0.3 is 4.74 Å². The van der Waals surface area contributed by atoms with Crippen molar-refractivity contribution < 1.29 is 4.74 Å². The minimum atomic E-state index is 0.643. The van der Waals surface area contributed by atoms with Gasteiger partial charge in [0.25, 0.3) is 0 Å². The van der Waals surface area contributed by atoms with Crippen molar-refractivity contribution in [2.24, 2.45) is 0 Å². The highest BCUT2D eigenvalue weighted by atomic mass is 79.9. The van der Waals surface area contributed by atoms with Gasteiger partial charge in [-0.1, -0.05) is 59.3 Å². The molecule has 0 spiro atoms. The molecule has 1 nitrogen and oxygen atoms in total. The Hall–Kier alpha value is -1.28. The van der Waals surface area contributed by atoms with Crippen LogP contribution in [0.2, 0.25) is 0 Å². The minimum absolute atomic E-state index is 0.643. The molecule has 0 saturated carbocycles. The summed E-state index contributed by atoms with van der Waals surface area (Å²) in [6.45, 7) is 2.82. The van der Waals surface area contributed by atoms with Crippen LogP contribution in [0.5, 0.6) is 5.75 Å². The van der Waals surface area contributed by atoms with Gasteiger partial charge in [0.05, 0.1) is 0 Å². The van der Waals surface area contributed by atoms with Crippen molar-refractivity contribution in [2.45, 2.75) is 13.3 Å². The van der Waals surface area contributed by atoms with E-state index < -0.39 is 0 Å². The van der Waals surface area contributed by atoms with Crippen molar-refractivity contribution in [2.75, 3.05) is 6.61 Å². The fourth-order valence-electron chi connectivity index (χ4n) is 2.39. The standard InChI is InChI=1S/C15H13BrO/c1-2-11-13-8-7-10-5-3-4-6-12(10)15(13)17-9-14(11)16/h3-8H,2,9H2,1H3. The summed E-state index contributed by atoms with van der Waals surface area (Å²) in [5.74, 6) is 1.03. The van der Waals surface area contributed by atoms with Gasteiger partial charge >= 0.3 is 0 Å². The predicted octanol–water partition coefficient (Wildman–Crippen LogP) is 4.75. The molecule has 0 bridgehead atoms. The van der Waals surface area contributed by atoms with Crippen LogP contribution in [-0.2, 0) is 0 Å². The lowest BCUT2D eigenvalue weighted by Gasteiger charge is -2.22. The molecule has 0 aromatic heterocycles. The maximum absolute atomic E-state index is 5.88. The molecular weight excluding hydrogens is 276 g/mol. The molecule has 0 unspecified atom stereocenters. The summed E-state index contributed by atoms with van der Waals surface area (Å²) >= 11 is 3.60. The molecule has 86 valence electrons. The smallest absolute Gasteiger partial charge is 0.135 e. The molecule has 2 aromatic rings. The summed E-state index contributed by atoms with van der Waals surface area (Å²) in [7, 11) is 0. The molecule has 17 heavy (non-hydrogen) atoms. The molecule has 2 heteroatoms. The van der Waals surface area contributed by atoms with Gasteiger partial charge in [0.1, 0.15) is 12.4 Å². The maximum atomic E-state index is 5.88. The number of hydrogen-bond donors (Lipinski definition) is 0. The number of benzene rings is 2. The molecule has 0 aliphatic carbocycles. The number of allylic oxidation sites excluding steroid dienone is 1. The summed E-state index contributed by atoms with van der Waals surface area (Å²) in [4.78, 5) is 0. The number of rotatable bonds is 1. The lowest BCUT2D eigenvalue weighted by molar-refractivity contribution is 0.358. The topological polar surface area (TPSA) is 9.23 Å². The zero-order chi connectivity index (χ0) is 11.8. The Kier molecular flexibility index (Phi) is 2.67. The van der Waals surface area contributed by atoms with Crippen molar-refractivity contribution in [3.05, 3.63) is 46.4 Å². The van der Waals surface area contributed by atoms with E-state index in [1.54, 1.807) is 0 Å². The van der Waals surface area contributed by atoms with Crippen LogP contribution in [0.25, 0.3) is 16.3 Å². The summed E-state index contributed by atoms with van der Waals surface area (Å²) in [5, 5.41) is 2.44. The van der Waals surface area contributed by atoms with E-state index in [9.17, 15) is 0 Å². The predicted molar refractivity (Wildman–Crippen MR) is 75.6 cm³/mol. The summed E-state index contributed by atoms with van der Waals surface area (Å²) in [6, 6.07) is 12.7. The number of hydrogen-bond acceptors (Lipinski definition) is 1. The highest BCUT2D eigenvalue weighted by Gasteiger charge is 2.19. The lowest BCUT2D eigenvalue weighted by Crippen LogP contribution is -2.08. The van der Waals surface area contributed by atoms with E-state index in [4.69, 9.17) is 4.74 Å². The van der Waals surface area contributed by atoms with E-state index in [-0.39, 0.29) is 0 Å². The summed E-state index contributed by atoms with van der Waals surface area (Å²) < 4.78 is 7.05. The highest BCUT2D eigenvalue weighted by Crippen LogP contribution is 2.41. The molecule has 3 rings (SSSR count). The number of fused-ring (bicyclic) bond motifs is 3. The molecular formula is C15H13BrO. The summed E-state index contributed by atoms with van der Waals surface area (Å²) in [5.41, 5.74) is 2.58. The van der Waals surface area contributed by atoms with Gasteiger partial charge in [-0.2, -0.15) is 0 Å². The van der Waals surface area contributed by atoms with Gasteiger partial charge in [-0.15, -0.1) is 0 Å². The largest absolute Gasteiger partial charge is 0.487 e. The molecule has 0 atom stereocenters. The van der Waals surface area contributed by atoms with Crippen LogP contribution in [-0.4, -0.2) is 6.61 Å². The SMILES string of the molecule is CCC1=C(Br)COc2c1ccc1ccccc21. The van der Waals surface area contributed by atoms with Crippen molar-refractivity contribution >= 4 is 32.3 Å². The molecule has 2 aromatic carbocycles. The molecule has 0 fully saturated rings. The Balaban J connectivity index is 2.33. The zero-order valence-electron chi connectivity index (χ0n) is 9.66. The van der Waals surface area contributed by atoms with Crippen LogP contribution in [0.4, 0.5) is 0 Å². The fourth-order valence-corrected chi connectivity index (χ4v) is 3.00. The first-order chi connectivity index (χ1) is 8.31. The minimum Gasteiger partial charge on any atom is -0.487 e. The average Bonchev–Trinajstić information content (AvgIpc) is 2.38. The van der Waals surface area contributed by atoms with Crippen molar-refractivity contribution in [1.29, 1.82) is 0 Å². The van der Waals surface area contributed by atoms with Crippen LogP contribution in [0.15, 0.2) is 40.9 Å². The monoisotopic (exact) mass is 288 g/mol. The van der Waals surface area contributed by atoms with Crippen LogP contribution in [0.1, 0.15) is 18.9 Å². The Labute approximate surface area is 109 Å². The van der Waals surface area contributed by atoms with E-state index in [0.717, 1.165) is 12.2 Å². The Bertz CT molecular complexity index is 613. The van der Waals surface area contributed by atoms with Crippen LogP contribution in [0.3, 0.4) is 0 Å². The second-order valence-corrected chi connectivity index (χ2v) is 5.15. The molecule has 1 heterocycles. The first-order valence-electron chi connectivity index (χ1n) is 5.83. The normalized spacial score (nSPS) is 14.7. The molecule has 1 aliphatic rings. The first-order valence-corrected chi connectivity index (χ1v) is 6.63. The third kappa shape index (κ3) is 1.67. The number of halogens is 1. The van der Waals surface area contributed by atoms with Crippen molar-refractivity contribution in [3.63, 3.8) is 0 Å². The number of ether oxygens (including phenoxy) is 1. The van der Waals surface area contributed by atoms with Gasteiger partial charge in [0.15, 0.2) is 0 Å². The second kappa shape index (κ2) is 4.19. The Morgan fingerprint density at radius 3 is 2.82 bits per heavy atom. The molecule has 0 radical (unpaired) electrons. The zero-order valence-corrected chi connectivity index (χ0v) is 11.3. The Morgan fingerprint density at radius 1 is 1.18 bits per heavy atom. The van der Waals surface area contributed by atoms with E-state index >= 15 is 0 Å². The van der Waals surface area contributed by atoms with E-state index in [2.05, 4.69) is 59.3 Å². The maximum Gasteiger partial charge on any atom is 0.135 e. The van der Waals surface area contributed by atoms with Gasteiger partial charge in [0, 0.05) is 15.4 Å². The van der Waals surface area contributed by atoms with Crippen molar-refractivity contribution in [3.8, 4) is 5.75 Å². The van der Waals surface area contributed by atoms with Crippen LogP contribution >= 0.6 is 15.9 Å². The quantitative estimate of drug-likeness (QED) is 0.736. The molecule has 0 saturated heterocycles. The lowest BCUT2D eigenvalue weighted by atomic mass is 9.96. The average molecular weight is 289 g/mol. The molecule has 0 amide bonds. The van der Waals surface area contributed by atoms with E-state index in [0.29, 0.717) is 6.61 Å². The van der Waals surface area contributed by atoms with Crippen molar-refractivity contribution in [1.82, 2.24) is 0 Å². The summed E-state index contributed by atoms with van der Waals surface area (Å²) in [6.07, 6.45) is 1.02. The second-order valence-electron chi connectivity index (χ2n) is 4.19. The van der Waals surface area contributed by atoms with Crippen LogP contribution in [0, 0.1) is 0 Å². The van der Waals surface area contributed by atoms with Gasteiger partial charge in [-0.25, -0.2) is 0 Å². The highest BCUT2D eigenvalue weighted by molar-refractivity contribution is 9.11. The molecule has 0 N–H and O–H groups in total. The molecule has 1 aliphatic heterocycles. The Morgan fingerprint density at radius 2 is 2.00 bits per heavy atom.